The summed E-state index contributed by atoms with van der Waals surface area (Å²) in [7, 11) is 0. The summed E-state index contributed by atoms with van der Waals surface area (Å²) in [6, 6.07) is 10.2. The van der Waals surface area contributed by atoms with E-state index in [-0.39, 0.29) is 11.4 Å². The lowest BCUT2D eigenvalue weighted by atomic mass is 10.2. The van der Waals surface area contributed by atoms with Gasteiger partial charge >= 0.3 is 0 Å². The second-order valence-corrected chi connectivity index (χ2v) is 4.64. The molecule has 2 aromatic carbocycles. The lowest BCUT2D eigenvalue weighted by Crippen LogP contribution is -1.86. The number of non-ortho nitro benzene ring substituents is 2. The first-order chi connectivity index (χ1) is 11.0. The van der Waals surface area contributed by atoms with Gasteiger partial charge in [-0.15, -0.1) is 0 Å². The third kappa shape index (κ3) is 3.05. The predicted molar refractivity (Wildman–Crippen MR) is 82.7 cm³/mol. The summed E-state index contributed by atoms with van der Waals surface area (Å²) >= 11 is 0. The van der Waals surface area contributed by atoms with Crippen molar-refractivity contribution in [2.45, 2.75) is 0 Å². The van der Waals surface area contributed by atoms with E-state index in [0.29, 0.717) is 17.0 Å². The van der Waals surface area contributed by atoms with Crippen molar-refractivity contribution in [2.24, 2.45) is 0 Å². The Bertz CT molecular complexity index is 928. The molecule has 1 aromatic heterocycles. The number of nitro groups is 2. The molecule has 0 amide bonds. The van der Waals surface area contributed by atoms with Crippen molar-refractivity contribution in [1.82, 2.24) is 4.98 Å². The largest absolute Gasteiger partial charge is 0.437 e. The molecule has 0 aliphatic carbocycles. The second kappa shape index (κ2) is 5.68. The minimum absolute atomic E-state index is 0.0105. The fourth-order valence-electron chi connectivity index (χ4n) is 1.99. The van der Waals surface area contributed by atoms with Crippen LogP contribution in [0.1, 0.15) is 11.5 Å². The molecule has 0 radical (unpaired) electrons. The van der Waals surface area contributed by atoms with Crippen molar-refractivity contribution >= 4 is 34.6 Å². The smallest absolute Gasteiger partial charge is 0.271 e. The third-order valence-electron chi connectivity index (χ3n) is 3.12. The third-order valence-corrected chi connectivity index (χ3v) is 3.12. The van der Waals surface area contributed by atoms with Crippen LogP contribution in [0.3, 0.4) is 0 Å². The molecule has 0 bridgehead atoms. The zero-order chi connectivity index (χ0) is 16.4. The molecule has 0 aliphatic rings. The number of nitro benzene ring substituents is 2. The van der Waals surface area contributed by atoms with Gasteiger partial charge in [0.25, 0.3) is 11.4 Å². The van der Waals surface area contributed by atoms with Gasteiger partial charge in [0.1, 0.15) is 5.52 Å². The molecule has 0 fully saturated rings. The number of oxazole rings is 1. The summed E-state index contributed by atoms with van der Waals surface area (Å²) in [6.45, 7) is 0. The van der Waals surface area contributed by atoms with Crippen molar-refractivity contribution in [2.75, 3.05) is 0 Å². The second-order valence-electron chi connectivity index (χ2n) is 4.64. The predicted octanol–water partition coefficient (Wildman–Crippen LogP) is 3.81. The zero-order valence-electron chi connectivity index (χ0n) is 11.6. The molecule has 1 heterocycles. The van der Waals surface area contributed by atoms with E-state index in [1.807, 2.05) is 0 Å². The average Bonchev–Trinajstić information content (AvgIpc) is 2.95. The van der Waals surface area contributed by atoms with Crippen LogP contribution in [0.2, 0.25) is 0 Å². The number of nitrogens with zero attached hydrogens (tertiary/aromatic N) is 3. The molecular formula is C15H9N3O5. The summed E-state index contributed by atoms with van der Waals surface area (Å²) in [5.74, 6) is 0.291. The minimum Gasteiger partial charge on any atom is -0.437 e. The quantitative estimate of drug-likeness (QED) is 0.534. The molecule has 8 heteroatoms. The Morgan fingerprint density at radius 2 is 1.57 bits per heavy atom. The number of hydrogen-bond acceptors (Lipinski definition) is 6. The Balaban J connectivity index is 1.85. The van der Waals surface area contributed by atoms with Gasteiger partial charge in [0.2, 0.25) is 5.89 Å². The molecule has 0 unspecified atom stereocenters. The molecule has 0 aliphatic heterocycles. The lowest BCUT2D eigenvalue weighted by molar-refractivity contribution is -0.385. The molecule has 114 valence electrons. The Morgan fingerprint density at radius 1 is 0.913 bits per heavy atom. The van der Waals surface area contributed by atoms with Gasteiger partial charge in [-0.25, -0.2) is 4.98 Å². The molecule has 0 N–H and O–H groups in total. The first-order valence-corrected chi connectivity index (χ1v) is 6.50. The maximum atomic E-state index is 10.7. The number of hydrogen-bond donors (Lipinski definition) is 0. The van der Waals surface area contributed by atoms with E-state index in [2.05, 4.69) is 4.98 Å². The van der Waals surface area contributed by atoms with E-state index < -0.39 is 9.85 Å². The molecule has 0 saturated carbocycles. The van der Waals surface area contributed by atoms with E-state index in [4.69, 9.17) is 4.42 Å². The zero-order valence-corrected chi connectivity index (χ0v) is 11.6. The van der Waals surface area contributed by atoms with Gasteiger partial charge in [-0.2, -0.15) is 0 Å². The molecule has 8 nitrogen and oxygen atoms in total. The maximum absolute atomic E-state index is 10.7. The molecule has 23 heavy (non-hydrogen) atoms. The Morgan fingerprint density at radius 3 is 2.22 bits per heavy atom. The molecule has 0 atom stereocenters. The summed E-state index contributed by atoms with van der Waals surface area (Å²) in [5.41, 5.74) is 1.53. The van der Waals surface area contributed by atoms with Crippen molar-refractivity contribution in [3.63, 3.8) is 0 Å². The fourth-order valence-corrected chi connectivity index (χ4v) is 1.99. The van der Waals surface area contributed by atoms with Crippen LogP contribution in [0.4, 0.5) is 11.4 Å². The average molecular weight is 311 g/mol. The Labute approximate surface area is 129 Å². The Kier molecular flexibility index (Phi) is 3.55. The van der Waals surface area contributed by atoms with E-state index in [9.17, 15) is 20.2 Å². The monoisotopic (exact) mass is 311 g/mol. The first kappa shape index (κ1) is 14.4. The standard InChI is InChI=1S/C15H9N3O5/c19-17(20)11-4-1-10(2-5-11)3-8-15-16-13-9-12(18(21)22)6-7-14(13)23-15/h1-9H. The van der Waals surface area contributed by atoms with Crippen LogP contribution in [0.25, 0.3) is 23.3 Å². The van der Waals surface area contributed by atoms with Crippen LogP contribution in [-0.2, 0) is 0 Å². The van der Waals surface area contributed by atoms with E-state index >= 15 is 0 Å². The highest BCUT2D eigenvalue weighted by molar-refractivity contribution is 5.78. The van der Waals surface area contributed by atoms with Gasteiger partial charge in [-0.05, 0) is 29.8 Å². The summed E-state index contributed by atoms with van der Waals surface area (Å²) in [6.07, 6.45) is 3.27. The number of rotatable bonds is 4. The first-order valence-electron chi connectivity index (χ1n) is 6.50. The van der Waals surface area contributed by atoms with Crippen molar-refractivity contribution < 1.29 is 14.3 Å². The van der Waals surface area contributed by atoms with Crippen LogP contribution >= 0.6 is 0 Å². The molecular weight excluding hydrogens is 302 g/mol. The number of aromatic nitrogens is 1. The molecule has 3 rings (SSSR count). The van der Waals surface area contributed by atoms with Crippen LogP contribution < -0.4 is 0 Å². The van der Waals surface area contributed by atoms with Gasteiger partial charge in [0.05, 0.1) is 9.85 Å². The fraction of sp³-hybridized carbons (Fsp3) is 0. The number of benzene rings is 2. The van der Waals surface area contributed by atoms with E-state index in [0.717, 1.165) is 5.56 Å². The minimum atomic E-state index is -0.499. The molecule has 3 aromatic rings. The van der Waals surface area contributed by atoms with Crippen molar-refractivity contribution in [1.29, 1.82) is 0 Å². The highest BCUT2D eigenvalue weighted by Gasteiger charge is 2.10. The van der Waals surface area contributed by atoms with Crippen LogP contribution in [0, 0.1) is 20.2 Å². The topological polar surface area (TPSA) is 112 Å². The highest BCUT2D eigenvalue weighted by atomic mass is 16.6. The van der Waals surface area contributed by atoms with Crippen molar-refractivity contribution in [3.8, 4) is 0 Å². The summed E-state index contributed by atoms with van der Waals surface area (Å²) < 4.78 is 5.46. The van der Waals surface area contributed by atoms with Crippen LogP contribution in [0.5, 0.6) is 0 Å². The number of fused-ring (bicyclic) bond motifs is 1. The van der Waals surface area contributed by atoms with E-state index in [1.165, 1.54) is 30.3 Å². The maximum Gasteiger partial charge on any atom is 0.271 e. The molecule has 0 spiro atoms. The summed E-state index contributed by atoms with van der Waals surface area (Å²) in [5, 5.41) is 21.3. The van der Waals surface area contributed by atoms with Crippen LogP contribution in [-0.4, -0.2) is 14.8 Å². The summed E-state index contributed by atoms with van der Waals surface area (Å²) in [4.78, 5) is 24.5. The van der Waals surface area contributed by atoms with Gasteiger partial charge in [0.15, 0.2) is 5.58 Å². The normalized spacial score (nSPS) is 11.1. The van der Waals surface area contributed by atoms with Gasteiger partial charge in [0, 0.05) is 30.3 Å². The van der Waals surface area contributed by atoms with Gasteiger partial charge < -0.3 is 4.42 Å². The van der Waals surface area contributed by atoms with E-state index in [1.54, 1.807) is 24.3 Å². The lowest BCUT2D eigenvalue weighted by Gasteiger charge is -1.92. The SMILES string of the molecule is O=[N+]([O-])c1ccc(C=Cc2nc3cc([N+](=O)[O-])ccc3o2)cc1. The highest BCUT2D eigenvalue weighted by Crippen LogP contribution is 2.22. The van der Waals surface area contributed by atoms with Gasteiger partial charge in [-0.1, -0.05) is 0 Å². The van der Waals surface area contributed by atoms with Crippen molar-refractivity contribution in [3.05, 3.63) is 74.1 Å². The van der Waals surface area contributed by atoms with Crippen LogP contribution in [0.15, 0.2) is 46.9 Å². The van der Waals surface area contributed by atoms with Gasteiger partial charge in [-0.3, -0.25) is 20.2 Å². The Hall–Kier alpha value is -3.55. The molecule has 0 saturated heterocycles.